The van der Waals surface area contributed by atoms with Gasteiger partial charge in [-0.05, 0) is 56.0 Å². The molecule has 1 N–H and O–H groups in total. The largest absolute Gasteiger partial charge is 0.325 e. The molecule has 1 fully saturated rings. The summed E-state index contributed by atoms with van der Waals surface area (Å²) in [5.74, 6) is -0.448. The molecule has 1 amide bonds. The molecule has 29 heavy (non-hydrogen) atoms. The molecule has 3 rings (SSSR count). The molecule has 2 aromatic rings. The molecule has 0 bridgehead atoms. The first-order valence-corrected chi connectivity index (χ1v) is 11.3. The summed E-state index contributed by atoms with van der Waals surface area (Å²) in [5, 5.41) is 2.85. The molecular formula is C22H26N2O4S. The second-order valence-electron chi connectivity index (χ2n) is 7.25. The molecular weight excluding hydrogens is 388 g/mol. The number of aryl methyl sites for hydroxylation is 1. The predicted octanol–water partition coefficient (Wildman–Crippen LogP) is 3.63. The molecule has 154 valence electrons. The number of benzene rings is 2. The van der Waals surface area contributed by atoms with Crippen molar-refractivity contribution in [2.45, 2.75) is 50.5 Å². The van der Waals surface area contributed by atoms with Gasteiger partial charge in [-0.1, -0.05) is 37.6 Å². The van der Waals surface area contributed by atoms with Crippen LogP contribution in [0.5, 0.6) is 0 Å². The van der Waals surface area contributed by atoms with Gasteiger partial charge in [0.05, 0.1) is 4.90 Å². The van der Waals surface area contributed by atoms with Crippen LogP contribution in [0.25, 0.3) is 0 Å². The molecule has 0 radical (unpaired) electrons. The molecule has 0 aliphatic carbocycles. The Morgan fingerprint density at radius 1 is 1.03 bits per heavy atom. The minimum absolute atomic E-state index is 0.0921. The Hall–Kier alpha value is -2.51. The normalized spacial score (nSPS) is 17.7. The summed E-state index contributed by atoms with van der Waals surface area (Å²) in [4.78, 5) is 24.4. The van der Waals surface area contributed by atoms with Crippen molar-refractivity contribution < 1.29 is 18.0 Å². The molecule has 1 aliphatic rings. The lowest BCUT2D eigenvalue weighted by Gasteiger charge is -2.33. The first-order valence-electron chi connectivity index (χ1n) is 9.85. The Balaban J connectivity index is 1.82. The van der Waals surface area contributed by atoms with Gasteiger partial charge in [0.25, 0.3) is 0 Å². The fourth-order valence-electron chi connectivity index (χ4n) is 3.50. The predicted molar refractivity (Wildman–Crippen MR) is 112 cm³/mol. The summed E-state index contributed by atoms with van der Waals surface area (Å²) in [6.45, 7) is 3.78. The van der Waals surface area contributed by atoms with E-state index in [1.165, 1.54) is 41.1 Å². The summed E-state index contributed by atoms with van der Waals surface area (Å²) >= 11 is 0. The van der Waals surface area contributed by atoms with Gasteiger partial charge in [0.1, 0.15) is 6.04 Å². The zero-order valence-electron chi connectivity index (χ0n) is 16.7. The van der Waals surface area contributed by atoms with E-state index in [4.69, 9.17) is 0 Å². The first kappa shape index (κ1) is 21.2. The van der Waals surface area contributed by atoms with Crippen molar-refractivity contribution >= 4 is 27.4 Å². The number of hydrogen-bond acceptors (Lipinski definition) is 4. The van der Waals surface area contributed by atoms with E-state index in [0.29, 0.717) is 30.6 Å². The highest BCUT2D eigenvalue weighted by Gasteiger charge is 2.37. The van der Waals surface area contributed by atoms with Crippen LogP contribution in [0.1, 0.15) is 49.0 Å². The molecule has 2 aromatic carbocycles. The number of carbonyl (C=O) groups is 2. The number of carbonyl (C=O) groups excluding carboxylic acids is 2. The van der Waals surface area contributed by atoms with Gasteiger partial charge in [-0.25, -0.2) is 8.42 Å². The van der Waals surface area contributed by atoms with Crippen LogP contribution in [0.2, 0.25) is 0 Å². The highest BCUT2D eigenvalue weighted by atomic mass is 32.2. The minimum atomic E-state index is -3.84. The number of rotatable bonds is 6. The van der Waals surface area contributed by atoms with E-state index < -0.39 is 16.1 Å². The quantitative estimate of drug-likeness (QED) is 0.732. The number of piperidine rings is 1. The Labute approximate surface area is 172 Å². The second-order valence-corrected chi connectivity index (χ2v) is 9.14. The maximum atomic E-state index is 13.2. The van der Waals surface area contributed by atoms with Gasteiger partial charge >= 0.3 is 0 Å². The van der Waals surface area contributed by atoms with Crippen molar-refractivity contribution in [3.05, 3.63) is 59.7 Å². The maximum absolute atomic E-state index is 13.2. The van der Waals surface area contributed by atoms with Crippen molar-refractivity contribution in [1.29, 1.82) is 0 Å². The number of amides is 1. The molecule has 6 nitrogen and oxygen atoms in total. The zero-order chi connectivity index (χ0) is 21.0. The van der Waals surface area contributed by atoms with Crippen LogP contribution in [0.3, 0.4) is 0 Å². The topological polar surface area (TPSA) is 83.6 Å². The van der Waals surface area contributed by atoms with E-state index in [0.717, 1.165) is 12.8 Å². The fraction of sp³-hybridized carbons (Fsp3) is 0.364. The number of anilines is 1. The van der Waals surface area contributed by atoms with Crippen LogP contribution in [-0.4, -0.2) is 37.0 Å². The average molecular weight is 415 g/mol. The Morgan fingerprint density at radius 2 is 1.69 bits per heavy atom. The van der Waals surface area contributed by atoms with Crippen molar-refractivity contribution in [2.24, 2.45) is 0 Å². The standard InChI is InChI=1S/C22H26N2O4S/c1-3-17-7-11-19(12-8-17)23-22(26)21-6-4-5-15-24(21)29(27,28)20-13-9-18(10-14-20)16(2)25/h7-14,21H,3-6,15H2,1-2H3,(H,23,26). The minimum Gasteiger partial charge on any atom is -0.325 e. The molecule has 1 saturated heterocycles. The van der Waals surface area contributed by atoms with E-state index in [-0.39, 0.29) is 16.6 Å². The highest BCUT2D eigenvalue weighted by Crippen LogP contribution is 2.27. The third-order valence-electron chi connectivity index (χ3n) is 5.25. The lowest BCUT2D eigenvalue weighted by molar-refractivity contribution is -0.120. The van der Waals surface area contributed by atoms with Gasteiger partial charge in [0.15, 0.2) is 5.78 Å². The number of sulfonamides is 1. The van der Waals surface area contributed by atoms with Crippen molar-refractivity contribution in [3.63, 3.8) is 0 Å². The molecule has 1 heterocycles. The van der Waals surface area contributed by atoms with E-state index in [1.807, 2.05) is 24.3 Å². The second kappa shape index (κ2) is 8.88. The summed E-state index contributed by atoms with van der Waals surface area (Å²) in [7, 11) is -3.84. The number of nitrogens with zero attached hydrogens (tertiary/aromatic N) is 1. The molecule has 1 aliphatic heterocycles. The van der Waals surface area contributed by atoms with Crippen molar-refractivity contribution in [3.8, 4) is 0 Å². The van der Waals surface area contributed by atoms with Crippen LogP contribution < -0.4 is 5.32 Å². The number of Topliss-reactive ketones (excluding diaryl/α,β-unsaturated/α-hetero) is 1. The molecule has 1 unspecified atom stereocenters. The molecule has 0 saturated carbocycles. The van der Waals surface area contributed by atoms with E-state index in [9.17, 15) is 18.0 Å². The molecule has 7 heteroatoms. The van der Waals surface area contributed by atoms with Gasteiger partial charge < -0.3 is 5.32 Å². The van der Waals surface area contributed by atoms with Crippen LogP contribution in [0, 0.1) is 0 Å². The summed E-state index contributed by atoms with van der Waals surface area (Å²) in [6, 6.07) is 12.7. The molecule has 1 atom stereocenters. The zero-order valence-corrected chi connectivity index (χ0v) is 17.5. The van der Waals surface area contributed by atoms with Gasteiger partial charge in [-0.3, -0.25) is 9.59 Å². The van der Waals surface area contributed by atoms with Gasteiger partial charge in [0.2, 0.25) is 15.9 Å². The van der Waals surface area contributed by atoms with E-state index >= 15 is 0 Å². The maximum Gasteiger partial charge on any atom is 0.243 e. The number of ketones is 1. The Kier molecular flexibility index (Phi) is 6.49. The SMILES string of the molecule is CCc1ccc(NC(=O)C2CCCCN2S(=O)(=O)c2ccc(C(C)=O)cc2)cc1. The fourth-order valence-corrected chi connectivity index (χ4v) is 5.16. The lowest BCUT2D eigenvalue weighted by Crippen LogP contribution is -2.49. The molecule has 0 spiro atoms. The Morgan fingerprint density at radius 3 is 2.28 bits per heavy atom. The molecule has 0 aromatic heterocycles. The summed E-state index contributed by atoms with van der Waals surface area (Å²) in [5.41, 5.74) is 2.27. The monoisotopic (exact) mass is 414 g/mol. The first-order chi connectivity index (χ1) is 13.8. The summed E-state index contributed by atoms with van der Waals surface area (Å²) in [6.07, 6.45) is 2.89. The smallest absolute Gasteiger partial charge is 0.243 e. The Bertz CT molecular complexity index is 982. The van der Waals surface area contributed by atoms with Gasteiger partial charge in [0, 0.05) is 17.8 Å². The third-order valence-corrected chi connectivity index (χ3v) is 7.18. The van der Waals surface area contributed by atoms with Crippen molar-refractivity contribution in [1.82, 2.24) is 4.31 Å². The average Bonchev–Trinajstić information content (AvgIpc) is 2.74. The summed E-state index contributed by atoms with van der Waals surface area (Å²) < 4.78 is 27.6. The van der Waals surface area contributed by atoms with E-state index in [2.05, 4.69) is 12.2 Å². The van der Waals surface area contributed by atoms with Crippen LogP contribution in [0.15, 0.2) is 53.4 Å². The number of nitrogens with one attached hydrogen (secondary N) is 1. The van der Waals surface area contributed by atoms with Gasteiger partial charge in [-0.2, -0.15) is 4.31 Å². The van der Waals surface area contributed by atoms with Crippen LogP contribution >= 0.6 is 0 Å². The lowest BCUT2D eigenvalue weighted by atomic mass is 10.0. The highest BCUT2D eigenvalue weighted by molar-refractivity contribution is 7.89. The van der Waals surface area contributed by atoms with E-state index in [1.54, 1.807) is 0 Å². The van der Waals surface area contributed by atoms with Crippen LogP contribution in [-0.2, 0) is 21.2 Å². The van der Waals surface area contributed by atoms with Gasteiger partial charge in [-0.15, -0.1) is 0 Å². The third kappa shape index (κ3) is 4.74. The number of hydrogen-bond donors (Lipinski definition) is 1. The van der Waals surface area contributed by atoms with Crippen molar-refractivity contribution in [2.75, 3.05) is 11.9 Å². The van der Waals surface area contributed by atoms with Crippen LogP contribution in [0.4, 0.5) is 5.69 Å².